The minimum Gasteiger partial charge on any atom is -0.497 e. The molecule has 1 atom stereocenters. The zero-order valence-corrected chi connectivity index (χ0v) is 20.9. The Balaban J connectivity index is 1.42. The summed E-state index contributed by atoms with van der Waals surface area (Å²) in [6.45, 7) is 2.73. The molecular formula is C29H31N4O3+. The monoisotopic (exact) mass is 483 g/mol. The molecule has 1 amide bonds. The second-order valence-corrected chi connectivity index (χ2v) is 9.08. The van der Waals surface area contributed by atoms with Crippen LogP contribution in [0.5, 0.6) is 11.5 Å². The molecule has 3 aromatic rings. The van der Waals surface area contributed by atoms with Crippen LogP contribution in [0.2, 0.25) is 0 Å². The molecule has 7 nitrogen and oxygen atoms in total. The number of ether oxygens (including phenoxy) is 2. The molecule has 7 heteroatoms. The number of amides is 1. The highest BCUT2D eigenvalue weighted by Crippen LogP contribution is 2.40. The Labute approximate surface area is 212 Å². The maximum absolute atomic E-state index is 13.9. The van der Waals surface area contributed by atoms with Crippen molar-refractivity contribution < 1.29 is 14.3 Å². The highest BCUT2D eigenvalue weighted by molar-refractivity contribution is 6.07. The largest absolute Gasteiger partial charge is 0.497 e. The highest BCUT2D eigenvalue weighted by Gasteiger charge is 2.40. The number of pyridine rings is 1. The predicted octanol–water partition coefficient (Wildman–Crippen LogP) is 4.32. The normalized spacial score (nSPS) is 19.5. The molecule has 2 aliphatic heterocycles. The van der Waals surface area contributed by atoms with E-state index in [9.17, 15) is 4.79 Å². The summed E-state index contributed by atoms with van der Waals surface area (Å²) >= 11 is 0. The van der Waals surface area contributed by atoms with Gasteiger partial charge in [0.05, 0.1) is 27.5 Å². The van der Waals surface area contributed by atoms with Crippen molar-refractivity contribution in [3.63, 3.8) is 0 Å². The van der Waals surface area contributed by atoms with Crippen LogP contribution in [0.4, 0.5) is 11.4 Å². The average molecular weight is 484 g/mol. The fraction of sp³-hybridized carbons (Fsp3) is 0.241. The maximum atomic E-state index is 13.9. The average Bonchev–Trinajstić information content (AvgIpc) is 3.31. The molecule has 2 aliphatic rings. The summed E-state index contributed by atoms with van der Waals surface area (Å²) in [5.41, 5.74) is 4.76. The fourth-order valence-corrected chi connectivity index (χ4v) is 4.98. The van der Waals surface area contributed by atoms with Gasteiger partial charge in [0.15, 0.2) is 11.4 Å². The third kappa shape index (κ3) is 4.33. The van der Waals surface area contributed by atoms with Gasteiger partial charge in [-0.2, -0.15) is 0 Å². The summed E-state index contributed by atoms with van der Waals surface area (Å²) in [5, 5.41) is 0. The standard InChI is InChI=1S/C29H31N4O3/c1-33(24-10-7-12-30-21-24)17-11-27(28(33)22-8-5-4-6-9-22)29(34)32-15-13-31(14-16-32)23-18-25(35-2)20-26(19-23)36-3/h4-12,17-21H,13-16H2,1-3H3/q+1. The molecule has 0 N–H and O–H groups in total. The molecule has 1 unspecified atom stereocenters. The molecule has 0 radical (unpaired) electrons. The number of aromatic nitrogens is 1. The number of benzene rings is 2. The van der Waals surface area contributed by atoms with Crippen molar-refractivity contribution in [2.45, 2.75) is 0 Å². The summed E-state index contributed by atoms with van der Waals surface area (Å²) in [6.07, 6.45) is 7.68. The number of quaternary nitrogens is 1. The van der Waals surface area contributed by atoms with E-state index in [4.69, 9.17) is 9.47 Å². The summed E-state index contributed by atoms with van der Waals surface area (Å²) in [4.78, 5) is 22.4. The molecule has 36 heavy (non-hydrogen) atoms. The molecule has 1 fully saturated rings. The van der Waals surface area contributed by atoms with Gasteiger partial charge in [-0.05, 0) is 18.2 Å². The van der Waals surface area contributed by atoms with Crippen LogP contribution in [0.1, 0.15) is 5.56 Å². The number of hydrogen-bond donors (Lipinski definition) is 0. The summed E-state index contributed by atoms with van der Waals surface area (Å²) in [5.74, 6) is 1.56. The summed E-state index contributed by atoms with van der Waals surface area (Å²) in [6, 6.07) is 20.0. The second kappa shape index (κ2) is 9.87. The van der Waals surface area contributed by atoms with Gasteiger partial charge in [-0.25, -0.2) is 4.48 Å². The van der Waals surface area contributed by atoms with E-state index in [0.29, 0.717) is 17.6 Å². The molecular weight excluding hydrogens is 452 g/mol. The Morgan fingerprint density at radius 2 is 1.61 bits per heavy atom. The van der Waals surface area contributed by atoms with Crippen molar-refractivity contribution in [3.05, 3.63) is 96.5 Å². The van der Waals surface area contributed by atoms with E-state index in [2.05, 4.69) is 41.3 Å². The van der Waals surface area contributed by atoms with Gasteiger partial charge in [0, 0.05) is 74.0 Å². The Bertz CT molecular complexity index is 1280. The zero-order valence-electron chi connectivity index (χ0n) is 20.9. The number of carbonyl (C=O) groups excluding carboxylic acids is 1. The van der Waals surface area contributed by atoms with Crippen LogP contribution >= 0.6 is 0 Å². The molecule has 2 aromatic carbocycles. The third-order valence-corrected chi connectivity index (χ3v) is 6.99. The molecule has 0 saturated carbocycles. The minimum absolute atomic E-state index is 0.0544. The fourth-order valence-electron chi connectivity index (χ4n) is 4.98. The lowest BCUT2D eigenvalue weighted by Crippen LogP contribution is -2.49. The van der Waals surface area contributed by atoms with Gasteiger partial charge in [-0.15, -0.1) is 0 Å². The topological polar surface area (TPSA) is 54.9 Å². The van der Waals surface area contributed by atoms with E-state index in [1.807, 2.05) is 59.6 Å². The first-order valence-electron chi connectivity index (χ1n) is 12.1. The Hall–Kier alpha value is -4.10. The number of hydrogen-bond acceptors (Lipinski definition) is 5. The Morgan fingerprint density at radius 3 is 2.22 bits per heavy atom. The molecule has 0 bridgehead atoms. The molecule has 1 saturated heterocycles. The predicted molar refractivity (Wildman–Crippen MR) is 143 cm³/mol. The van der Waals surface area contributed by atoms with Gasteiger partial charge in [0.1, 0.15) is 23.3 Å². The first kappa shape index (κ1) is 23.6. The van der Waals surface area contributed by atoms with Crippen molar-refractivity contribution in [3.8, 4) is 11.5 Å². The minimum atomic E-state index is 0.0544. The van der Waals surface area contributed by atoms with Gasteiger partial charge in [-0.1, -0.05) is 18.2 Å². The van der Waals surface area contributed by atoms with E-state index in [-0.39, 0.29) is 5.91 Å². The van der Waals surface area contributed by atoms with Gasteiger partial charge >= 0.3 is 0 Å². The van der Waals surface area contributed by atoms with Crippen LogP contribution in [0, 0.1) is 0 Å². The SMILES string of the molecule is COc1cc(OC)cc(N2CCN(C(=O)C3=C(c4ccccc4)[N+](C)(c4cccnc4)C=C3)CC2)c1. The first-order chi connectivity index (χ1) is 17.5. The van der Waals surface area contributed by atoms with Crippen molar-refractivity contribution in [2.75, 3.05) is 52.3 Å². The molecule has 1 aromatic heterocycles. The van der Waals surface area contributed by atoms with Gasteiger partial charge < -0.3 is 19.3 Å². The molecule has 184 valence electrons. The third-order valence-electron chi connectivity index (χ3n) is 6.99. The summed E-state index contributed by atoms with van der Waals surface area (Å²) < 4.78 is 11.3. The van der Waals surface area contributed by atoms with Crippen molar-refractivity contribution in [1.29, 1.82) is 0 Å². The van der Waals surface area contributed by atoms with E-state index >= 15 is 0 Å². The number of carbonyl (C=O) groups is 1. The van der Waals surface area contributed by atoms with Crippen molar-refractivity contribution in [1.82, 2.24) is 14.4 Å². The summed E-state index contributed by atoms with van der Waals surface area (Å²) in [7, 11) is 5.41. The second-order valence-electron chi connectivity index (χ2n) is 9.08. The molecule has 0 aliphatic carbocycles. The number of methoxy groups -OCH3 is 2. The smallest absolute Gasteiger partial charge is 0.260 e. The van der Waals surface area contributed by atoms with E-state index in [1.54, 1.807) is 20.4 Å². The lowest BCUT2D eigenvalue weighted by atomic mass is 10.0. The molecule has 5 rings (SSSR count). The van der Waals surface area contributed by atoms with Crippen LogP contribution in [-0.2, 0) is 4.79 Å². The van der Waals surface area contributed by atoms with E-state index < -0.39 is 0 Å². The van der Waals surface area contributed by atoms with Gasteiger partial charge in [0.2, 0.25) is 0 Å². The molecule has 3 heterocycles. The van der Waals surface area contributed by atoms with Crippen molar-refractivity contribution in [2.24, 2.45) is 0 Å². The van der Waals surface area contributed by atoms with Gasteiger partial charge in [-0.3, -0.25) is 9.78 Å². The first-order valence-corrected chi connectivity index (χ1v) is 12.1. The highest BCUT2D eigenvalue weighted by atomic mass is 16.5. The number of piperazine rings is 1. The number of nitrogens with zero attached hydrogens (tertiary/aromatic N) is 4. The van der Waals surface area contributed by atoms with Crippen LogP contribution in [-0.4, -0.2) is 63.2 Å². The lowest BCUT2D eigenvalue weighted by molar-refractivity contribution is -0.127. The maximum Gasteiger partial charge on any atom is 0.260 e. The molecule has 0 spiro atoms. The lowest BCUT2D eigenvalue weighted by Gasteiger charge is -2.36. The zero-order chi connectivity index (χ0) is 25.1. The number of anilines is 1. The van der Waals surface area contributed by atoms with Crippen LogP contribution < -0.4 is 18.9 Å². The van der Waals surface area contributed by atoms with E-state index in [1.165, 1.54) is 0 Å². The Kier molecular flexibility index (Phi) is 6.48. The quantitative estimate of drug-likeness (QED) is 0.489. The van der Waals surface area contributed by atoms with Gasteiger partial charge in [0.25, 0.3) is 5.91 Å². The number of rotatable bonds is 6. The Morgan fingerprint density at radius 1 is 0.917 bits per heavy atom. The van der Waals surface area contributed by atoms with Crippen LogP contribution in [0.25, 0.3) is 5.70 Å². The van der Waals surface area contributed by atoms with Crippen molar-refractivity contribution >= 4 is 23.0 Å². The van der Waals surface area contributed by atoms with Crippen LogP contribution in [0.15, 0.2) is 90.9 Å². The van der Waals surface area contributed by atoms with Crippen LogP contribution in [0.3, 0.4) is 0 Å². The van der Waals surface area contributed by atoms with E-state index in [0.717, 1.165) is 52.8 Å².